The van der Waals surface area contributed by atoms with Crippen molar-refractivity contribution < 1.29 is 18.3 Å². The van der Waals surface area contributed by atoms with Gasteiger partial charge in [0.2, 0.25) is 0 Å². The topological polar surface area (TPSA) is 75.1 Å². The number of halogens is 2. The van der Waals surface area contributed by atoms with Crippen LogP contribution in [-0.4, -0.2) is 13.1 Å². The van der Waals surface area contributed by atoms with E-state index in [2.05, 4.69) is 14.8 Å². The standard InChI is InChI=1S/C16H13F2N3O2/c1-9-7-12(16(22)23-2)11(14(18)15(9)20-21-19)8-10-5-3-4-6-13(10)17/h3-7H,8H2,1-2H3. The maximum Gasteiger partial charge on any atom is 0.338 e. The van der Waals surface area contributed by atoms with Crippen molar-refractivity contribution in [3.63, 3.8) is 0 Å². The summed E-state index contributed by atoms with van der Waals surface area (Å²) in [5.41, 5.74) is 8.75. The van der Waals surface area contributed by atoms with Crippen molar-refractivity contribution in [1.82, 2.24) is 0 Å². The summed E-state index contributed by atoms with van der Waals surface area (Å²) in [6, 6.07) is 7.22. The van der Waals surface area contributed by atoms with Crippen molar-refractivity contribution in [2.45, 2.75) is 13.3 Å². The molecule has 0 bridgehead atoms. The Morgan fingerprint density at radius 1 is 1.35 bits per heavy atom. The van der Waals surface area contributed by atoms with Crippen molar-refractivity contribution in [1.29, 1.82) is 0 Å². The number of methoxy groups -OCH3 is 1. The predicted molar refractivity (Wildman–Crippen MR) is 80.5 cm³/mol. The zero-order valence-corrected chi connectivity index (χ0v) is 12.5. The van der Waals surface area contributed by atoms with Crippen molar-refractivity contribution >= 4 is 11.7 Å². The van der Waals surface area contributed by atoms with E-state index in [9.17, 15) is 13.6 Å². The average molecular weight is 317 g/mol. The van der Waals surface area contributed by atoms with Crippen LogP contribution in [0.1, 0.15) is 27.0 Å². The summed E-state index contributed by atoms with van der Waals surface area (Å²) in [6.45, 7) is 1.51. The number of carbonyl (C=O) groups is 1. The van der Waals surface area contributed by atoms with Crippen LogP contribution in [0.15, 0.2) is 35.4 Å². The quantitative estimate of drug-likeness (QED) is 0.358. The minimum Gasteiger partial charge on any atom is -0.465 e. The number of aryl methyl sites for hydroxylation is 1. The molecular formula is C16H13F2N3O2. The summed E-state index contributed by atoms with van der Waals surface area (Å²) in [5, 5.41) is 3.32. The lowest BCUT2D eigenvalue weighted by atomic mass is 9.95. The van der Waals surface area contributed by atoms with Gasteiger partial charge in [-0.15, -0.1) is 0 Å². The zero-order valence-electron chi connectivity index (χ0n) is 12.5. The lowest BCUT2D eigenvalue weighted by Gasteiger charge is -2.13. The summed E-state index contributed by atoms with van der Waals surface area (Å²) in [4.78, 5) is 14.5. The molecule has 0 spiro atoms. The summed E-state index contributed by atoms with van der Waals surface area (Å²) in [5.74, 6) is -2.12. The summed E-state index contributed by atoms with van der Waals surface area (Å²) in [7, 11) is 1.17. The van der Waals surface area contributed by atoms with Crippen LogP contribution in [0.3, 0.4) is 0 Å². The number of esters is 1. The van der Waals surface area contributed by atoms with Crippen LogP contribution in [0.5, 0.6) is 0 Å². The monoisotopic (exact) mass is 317 g/mol. The van der Waals surface area contributed by atoms with Crippen LogP contribution in [0.4, 0.5) is 14.5 Å². The predicted octanol–water partition coefficient (Wildman–Crippen LogP) is 4.59. The highest BCUT2D eigenvalue weighted by Gasteiger charge is 2.21. The first-order chi connectivity index (χ1) is 11.0. The highest BCUT2D eigenvalue weighted by atomic mass is 19.1. The number of hydrogen-bond donors (Lipinski definition) is 0. The van der Waals surface area contributed by atoms with E-state index in [-0.39, 0.29) is 34.4 Å². The molecule has 0 saturated heterocycles. The molecule has 0 aliphatic rings. The van der Waals surface area contributed by atoms with Gasteiger partial charge in [-0.1, -0.05) is 23.3 Å². The second-order valence-electron chi connectivity index (χ2n) is 4.83. The normalized spacial score (nSPS) is 10.1. The number of ether oxygens (including phenoxy) is 1. The highest BCUT2D eigenvalue weighted by molar-refractivity contribution is 5.92. The Kier molecular flexibility index (Phi) is 4.93. The third-order valence-corrected chi connectivity index (χ3v) is 3.41. The van der Waals surface area contributed by atoms with Gasteiger partial charge in [0.25, 0.3) is 0 Å². The second-order valence-corrected chi connectivity index (χ2v) is 4.83. The van der Waals surface area contributed by atoms with Gasteiger partial charge in [-0.05, 0) is 35.7 Å². The van der Waals surface area contributed by atoms with E-state index in [0.29, 0.717) is 0 Å². The lowest BCUT2D eigenvalue weighted by Crippen LogP contribution is -2.10. The molecule has 0 N–H and O–H groups in total. The molecule has 23 heavy (non-hydrogen) atoms. The molecule has 5 nitrogen and oxygen atoms in total. The van der Waals surface area contributed by atoms with E-state index in [1.807, 2.05) is 0 Å². The van der Waals surface area contributed by atoms with E-state index in [1.165, 1.54) is 38.3 Å². The van der Waals surface area contributed by atoms with Crippen LogP contribution in [0.25, 0.3) is 10.4 Å². The fourth-order valence-corrected chi connectivity index (χ4v) is 2.27. The Morgan fingerprint density at radius 2 is 2.04 bits per heavy atom. The van der Waals surface area contributed by atoms with Gasteiger partial charge in [-0.2, -0.15) is 0 Å². The molecule has 118 valence electrons. The molecule has 0 amide bonds. The van der Waals surface area contributed by atoms with Gasteiger partial charge >= 0.3 is 5.97 Å². The Labute approximate surface area is 131 Å². The van der Waals surface area contributed by atoms with E-state index >= 15 is 0 Å². The van der Waals surface area contributed by atoms with E-state index in [0.717, 1.165) is 0 Å². The van der Waals surface area contributed by atoms with Gasteiger partial charge < -0.3 is 4.74 Å². The smallest absolute Gasteiger partial charge is 0.338 e. The third kappa shape index (κ3) is 3.30. The summed E-state index contributed by atoms with van der Waals surface area (Å²) < 4.78 is 33.2. The molecule has 0 unspecified atom stereocenters. The van der Waals surface area contributed by atoms with Crippen molar-refractivity contribution in [2.75, 3.05) is 7.11 Å². The molecule has 0 fully saturated rings. The second kappa shape index (κ2) is 6.89. The maximum absolute atomic E-state index is 14.7. The highest BCUT2D eigenvalue weighted by Crippen LogP contribution is 2.31. The molecule has 7 heteroatoms. The lowest BCUT2D eigenvalue weighted by molar-refractivity contribution is 0.0599. The van der Waals surface area contributed by atoms with Gasteiger partial charge in [0.1, 0.15) is 11.6 Å². The van der Waals surface area contributed by atoms with Crippen LogP contribution in [0.2, 0.25) is 0 Å². The molecule has 0 heterocycles. The SMILES string of the molecule is COC(=O)c1cc(C)c(N=[N+]=[N-])c(F)c1Cc1ccccc1F. The van der Waals surface area contributed by atoms with Crippen LogP contribution < -0.4 is 0 Å². The largest absolute Gasteiger partial charge is 0.465 e. The van der Waals surface area contributed by atoms with Crippen molar-refractivity contribution in [3.8, 4) is 0 Å². The minimum atomic E-state index is -0.855. The Hall–Kier alpha value is -2.92. The van der Waals surface area contributed by atoms with Gasteiger partial charge in [0.05, 0.1) is 18.4 Å². The van der Waals surface area contributed by atoms with Gasteiger partial charge in [0, 0.05) is 16.9 Å². The molecule has 0 aromatic heterocycles. The van der Waals surface area contributed by atoms with E-state index in [4.69, 9.17) is 5.53 Å². The van der Waals surface area contributed by atoms with E-state index in [1.54, 1.807) is 6.07 Å². The van der Waals surface area contributed by atoms with Gasteiger partial charge in [-0.3, -0.25) is 0 Å². The average Bonchev–Trinajstić information content (AvgIpc) is 2.54. The first kappa shape index (κ1) is 16.5. The first-order valence-corrected chi connectivity index (χ1v) is 6.68. The Bertz CT molecular complexity index is 815. The first-order valence-electron chi connectivity index (χ1n) is 6.68. The zero-order chi connectivity index (χ0) is 17.0. The number of nitrogens with zero attached hydrogens (tertiary/aromatic N) is 3. The molecule has 0 atom stereocenters. The fourth-order valence-electron chi connectivity index (χ4n) is 2.27. The molecular weight excluding hydrogens is 304 g/mol. The number of rotatable bonds is 4. The van der Waals surface area contributed by atoms with Gasteiger partial charge in [-0.25, -0.2) is 13.6 Å². The molecule has 2 aromatic carbocycles. The van der Waals surface area contributed by atoms with Crippen LogP contribution in [0, 0.1) is 18.6 Å². The summed E-state index contributed by atoms with van der Waals surface area (Å²) in [6.07, 6.45) is -0.169. The Balaban J connectivity index is 2.67. The minimum absolute atomic E-state index is 0.0253. The molecule has 2 rings (SSSR count). The number of benzene rings is 2. The number of carbonyl (C=O) groups excluding carboxylic acids is 1. The van der Waals surface area contributed by atoms with Crippen molar-refractivity contribution in [3.05, 3.63) is 74.7 Å². The molecule has 0 radical (unpaired) electrons. The van der Waals surface area contributed by atoms with Crippen molar-refractivity contribution in [2.24, 2.45) is 5.11 Å². The molecule has 0 aliphatic carbocycles. The third-order valence-electron chi connectivity index (χ3n) is 3.41. The number of azide groups is 1. The fraction of sp³-hybridized carbons (Fsp3) is 0.188. The molecule has 0 saturated carbocycles. The van der Waals surface area contributed by atoms with E-state index < -0.39 is 17.6 Å². The number of hydrogen-bond acceptors (Lipinski definition) is 3. The van der Waals surface area contributed by atoms with Crippen LogP contribution >= 0.6 is 0 Å². The van der Waals surface area contributed by atoms with Gasteiger partial charge in [0.15, 0.2) is 0 Å². The van der Waals surface area contributed by atoms with Crippen LogP contribution in [-0.2, 0) is 11.2 Å². The molecule has 2 aromatic rings. The summed E-state index contributed by atoms with van der Waals surface area (Å²) >= 11 is 0. The molecule has 0 aliphatic heterocycles. The maximum atomic E-state index is 14.7. The Morgan fingerprint density at radius 3 is 2.65 bits per heavy atom.